The molecule has 0 bridgehead atoms. The summed E-state index contributed by atoms with van der Waals surface area (Å²) in [5.41, 5.74) is 0.538. The molecule has 0 radical (unpaired) electrons. The molecule has 6 heteroatoms. The number of hydrogen-bond donors (Lipinski definition) is 1. The lowest BCUT2D eigenvalue weighted by atomic mass is 10.1. The van der Waals surface area contributed by atoms with Gasteiger partial charge in [0.05, 0.1) is 12.3 Å². The molecule has 0 fully saturated rings. The first-order valence-electron chi connectivity index (χ1n) is 4.05. The maximum absolute atomic E-state index is 11.9. The largest absolute Gasteiger partial charge is 0.391 e. The summed E-state index contributed by atoms with van der Waals surface area (Å²) in [4.78, 5) is 0. The lowest BCUT2D eigenvalue weighted by Gasteiger charge is -2.04. The Labute approximate surface area is 78.5 Å². The molecular formula is C8H10F3NO2. The fourth-order valence-corrected chi connectivity index (χ4v) is 1.10. The molecule has 1 N–H and O–H groups in total. The number of alkyl halides is 3. The Kier molecular flexibility index (Phi) is 3.15. The first-order valence-corrected chi connectivity index (χ1v) is 4.05. The summed E-state index contributed by atoms with van der Waals surface area (Å²) in [5.74, 6) is 0.365. The van der Waals surface area contributed by atoms with Gasteiger partial charge in [0, 0.05) is 18.4 Å². The van der Waals surface area contributed by atoms with Crippen LogP contribution < -0.4 is 0 Å². The third kappa shape index (κ3) is 2.73. The van der Waals surface area contributed by atoms with E-state index in [0.717, 1.165) is 0 Å². The third-order valence-electron chi connectivity index (χ3n) is 1.87. The van der Waals surface area contributed by atoms with Crippen LogP contribution in [0.25, 0.3) is 0 Å². The molecule has 3 nitrogen and oxygen atoms in total. The fourth-order valence-electron chi connectivity index (χ4n) is 1.10. The summed E-state index contributed by atoms with van der Waals surface area (Å²) in [6.07, 6.45) is -5.41. The molecule has 0 saturated heterocycles. The number of hydrogen-bond acceptors (Lipinski definition) is 3. The molecule has 1 aromatic rings. The minimum absolute atomic E-state index is 0.183. The quantitative estimate of drug-likeness (QED) is 0.827. The second-order valence-electron chi connectivity index (χ2n) is 2.94. The van der Waals surface area contributed by atoms with E-state index in [0.29, 0.717) is 11.3 Å². The van der Waals surface area contributed by atoms with Gasteiger partial charge in [0.25, 0.3) is 0 Å². The van der Waals surface area contributed by atoms with Crippen LogP contribution in [0.5, 0.6) is 0 Å². The summed E-state index contributed by atoms with van der Waals surface area (Å²) in [6.45, 7) is 1.21. The van der Waals surface area contributed by atoms with Crippen molar-refractivity contribution in [3.63, 3.8) is 0 Å². The van der Waals surface area contributed by atoms with Crippen LogP contribution in [-0.2, 0) is 13.0 Å². The van der Waals surface area contributed by atoms with E-state index in [-0.39, 0.29) is 18.7 Å². The van der Waals surface area contributed by atoms with E-state index in [9.17, 15) is 13.2 Å². The highest BCUT2D eigenvalue weighted by Crippen LogP contribution is 2.23. The molecule has 0 aliphatic rings. The summed E-state index contributed by atoms with van der Waals surface area (Å²) in [7, 11) is 0. The zero-order chi connectivity index (χ0) is 10.8. The first kappa shape index (κ1) is 11.0. The highest BCUT2D eigenvalue weighted by atomic mass is 19.4. The molecule has 14 heavy (non-hydrogen) atoms. The molecular weight excluding hydrogens is 199 g/mol. The monoisotopic (exact) mass is 209 g/mol. The Bertz CT molecular complexity index is 306. The maximum Gasteiger partial charge on any atom is 0.389 e. The van der Waals surface area contributed by atoms with Crippen LogP contribution in [0.1, 0.15) is 23.4 Å². The van der Waals surface area contributed by atoms with Gasteiger partial charge >= 0.3 is 6.18 Å². The van der Waals surface area contributed by atoms with E-state index >= 15 is 0 Å². The normalized spacial score (nSPS) is 12.1. The molecule has 1 heterocycles. The Morgan fingerprint density at radius 1 is 1.43 bits per heavy atom. The predicted octanol–water partition coefficient (Wildman–Crippen LogP) is 1.97. The second kappa shape index (κ2) is 4.00. The highest BCUT2D eigenvalue weighted by molar-refractivity contribution is 5.21. The summed E-state index contributed by atoms with van der Waals surface area (Å²) < 4.78 is 40.3. The van der Waals surface area contributed by atoms with Gasteiger partial charge in [0.1, 0.15) is 5.76 Å². The lowest BCUT2D eigenvalue weighted by Crippen LogP contribution is -2.09. The molecule has 0 aliphatic carbocycles. The van der Waals surface area contributed by atoms with Crippen LogP contribution in [0, 0.1) is 6.92 Å². The van der Waals surface area contributed by atoms with Crippen molar-refractivity contribution in [2.45, 2.75) is 32.5 Å². The van der Waals surface area contributed by atoms with Gasteiger partial charge < -0.3 is 9.63 Å². The Morgan fingerprint density at radius 3 is 2.57 bits per heavy atom. The van der Waals surface area contributed by atoms with Crippen molar-refractivity contribution >= 4 is 0 Å². The van der Waals surface area contributed by atoms with Gasteiger partial charge in [0.15, 0.2) is 0 Å². The molecule has 0 unspecified atom stereocenters. The molecule has 0 amide bonds. The molecule has 0 spiro atoms. The van der Waals surface area contributed by atoms with E-state index in [1.54, 1.807) is 6.92 Å². The zero-order valence-electron chi connectivity index (χ0n) is 7.56. The summed E-state index contributed by atoms with van der Waals surface area (Å²) >= 11 is 0. The number of aryl methyl sites for hydroxylation is 2. The van der Waals surface area contributed by atoms with Gasteiger partial charge in [-0.05, 0) is 6.92 Å². The maximum atomic E-state index is 11.9. The average Bonchev–Trinajstić information content (AvgIpc) is 2.41. The first-order chi connectivity index (χ1) is 6.44. The van der Waals surface area contributed by atoms with E-state index in [1.807, 2.05) is 0 Å². The lowest BCUT2D eigenvalue weighted by molar-refractivity contribution is -0.134. The Balaban J connectivity index is 2.67. The van der Waals surface area contributed by atoms with Crippen molar-refractivity contribution in [3.8, 4) is 0 Å². The predicted molar refractivity (Wildman–Crippen MR) is 41.5 cm³/mol. The second-order valence-corrected chi connectivity index (χ2v) is 2.94. The third-order valence-corrected chi connectivity index (χ3v) is 1.87. The van der Waals surface area contributed by atoms with Crippen molar-refractivity contribution in [3.05, 3.63) is 17.0 Å². The van der Waals surface area contributed by atoms with Gasteiger partial charge in [-0.3, -0.25) is 0 Å². The number of aliphatic hydroxyl groups is 1. The minimum atomic E-state index is -4.21. The molecule has 1 rings (SSSR count). The smallest absolute Gasteiger partial charge is 0.389 e. The van der Waals surface area contributed by atoms with E-state index in [4.69, 9.17) is 5.11 Å². The zero-order valence-corrected chi connectivity index (χ0v) is 7.56. The van der Waals surface area contributed by atoms with Gasteiger partial charge in [-0.25, -0.2) is 0 Å². The summed E-state index contributed by atoms with van der Waals surface area (Å²) in [6, 6.07) is 0. The van der Waals surface area contributed by atoms with Crippen LogP contribution in [0.3, 0.4) is 0 Å². The van der Waals surface area contributed by atoms with Crippen molar-refractivity contribution in [2.75, 3.05) is 0 Å². The van der Waals surface area contributed by atoms with E-state index < -0.39 is 12.6 Å². The molecule has 0 aromatic carbocycles. The van der Waals surface area contributed by atoms with E-state index in [1.165, 1.54) is 0 Å². The highest BCUT2D eigenvalue weighted by Gasteiger charge is 2.28. The van der Waals surface area contributed by atoms with Crippen molar-refractivity contribution in [1.82, 2.24) is 5.16 Å². The molecule has 0 saturated carbocycles. The number of halogens is 3. The molecule has 80 valence electrons. The SMILES string of the molecule is Cc1onc(CCC(F)(F)F)c1CO. The minimum Gasteiger partial charge on any atom is -0.391 e. The van der Waals surface area contributed by atoms with Gasteiger partial charge in [0.2, 0.25) is 0 Å². The molecule has 0 aliphatic heterocycles. The van der Waals surface area contributed by atoms with Gasteiger partial charge in [-0.1, -0.05) is 5.16 Å². The average molecular weight is 209 g/mol. The number of nitrogens with zero attached hydrogens (tertiary/aromatic N) is 1. The van der Waals surface area contributed by atoms with Crippen LogP contribution in [-0.4, -0.2) is 16.4 Å². The Morgan fingerprint density at radius 2 is 2.07 bits per heavy atom. The van der Waals surface area contributed by atoms with Crippen LogP contribution in [0.15, 0.2) is 4.52 Å². The molecule has 1 aromatic heterocycles. The topological polar surface area (TPSA) is 46.3 Å². The number of aliphatic hydroxyl groups excluding tert-OH is 1. The molecule has 0 atom stereocenters. The number of rotatable bonds is 3. The van der Waals surface area contributed by atoms with Gasteiger partial charge in [-0.15, -0.1) is 0 Å². The Hall–Kier alpha value is -1.04. The summed E-state index contributed by atoms with van der Waals surface area (Å²) in [5, 5.41) is 12.3. The fraction of sp³-hybridized carbons (Fsp3) is 0.625. The number of aromatic nitrogens is 1. The van der Waals surface area contributed by atoms with Crippen LogP contribution in [0.4, 0.5) is 13.2 Å². The van der Waals surface area contributed by atoms with Crippen molar-refractivity contribution in [1.29, 1.82) is 0 Å². The van der Waals surface area contributed by atoms with Gasteiger partial charge in [-0.2, -0.15) is 13.2 Å². The van der Waals surface area contributed by atoms with Crippen molar-refractivity contribution < 1.29 is 22.8 Å². The van der Waals surface area contributed by atoms with Crippen molar-refractivity contribution in [2.24, 2.45) is 0 Å². The van der Waals surface area contributed by atoms with Crippen LogP contribution >= 0.6 is 0 Å². The van der Waals surface area contributed by atoms with E-state index in [2.05, 4.69) is 9.68 Å². The van der Waals surface area contributed by atoms with Crippen LogP contribution in [0.2, 0.25) is 0 Å². The standard InChI is InChI=1S/C8H10F3NO2/c1-5-6(4-13)7(12-14-5)2-3-8(9,10)11/h13H,2-4H2,1H3.